The van der Waals surface area contributed by atoms with Crippen molar-refractivity contribution in [3.63, 3.8) is 0 Å². The summed E-state index contributed by atoms with van der Waals surface area (Å²) in [5.74, 6) is 0.314. The van der Waals surface area contributed by atoms with Crippen molar-refractivity contribution in [2.24, 2.45) is 7.05 Å². The third kappa shape index (κ3) is 2.56. The van der Waals surface area contributed by atoms with Crippen molar-refractivity contribution in [1.29, 1.82) is 0 Å². The van der Waals surface area contributed by atoms with Crippen molar-refractivity contribution >= 4 is 21.6 Å². The van der Waals surface area contributed by atoms with Crippen LogP contribution in [0.1, 0.15) is 5.69 Å². The van der Waals surface area contributed by atoms with E-state index in [0.29, 0.717) is 23.9 Å². The number of nitrogens with zero attached hydrogens (tertiary/aromatic N) is 3. The standard InChI is InChI=1S/C11H18ClN3O2S/c1-13-3-5-15(6-4-13)18(16,17)11-7-10(8-12)14(2)9-11/h7,9H,3-6,8H2,1-2H3. The van der Waals surface area contributed by atoms with Gasteiger partial charge >= 0.3 is 0 Å². The third-order valence-corrected chi connectivity index (χ3v) is 5.46. The highest BCUT2D eigenvalue weighted by Crippen LogP contribution is 2.20. The van der Waals surface area contributed by atoms with Gasteiger partial charge in [-0.2, -0.15) is 4.31 Å². The van der Waals surface area contributed by atoms with E-state index in [4.69, 9.17) is 11.6 Å². The number of sulfonamides is 1. The van der Waals surface area contributed by atoms with Gasteiger partial charge < -0.3 is 9.47 Å². The van der Waals surface area contributed by atoms with Crippen LogP contribution in [0, 0.1) is 0 Å². The van der Waals surface area contributed by atoms with Crippen LogP contribution in [0.25, 0.3) is 0 Å². The van der Waals surface area contributed by atoms with E-state index in [-0.39, 0.29) is 0 Å². The highest BCUT2D eigenvalue weighted by Gasteiger charge is 2.28. The summed E-state index contributed by atoms with van der Waals surface area (Å²) < 4.78 is 28.2. The molecule has 2 rings (SSSR count). The van der Waals surface area contributed by atoms with E-state index >= 15 is 0 Å². The molecule has 1 saturated heterocycles. The van der Waals surface area contributed by atoms with Crippen LogP contribution >= 0.6 is 11.6 Å². The average Bonchev–Trinajstić information content (AvgIpc) is 2.72. The van der Waals surface area contributed by atoms with E-state index in [2.05, 4.69) is 4.90 Å². The van der Waals surface area contributed by atoms with Gasteiger partial charge in [0.2, 0.25) is 10.0 Å². The molecule has 1 aromatic heterocycles. The van der Waals surface area contributed by atoms with Crippen LogP contribution in [-0.4, -0.2) is 55.4 Å². The minimum atomic E-state index is -3.37. The number of piperazine rings is 1. The lowest BCUT2D eigenvalue weighted by Crippen LogP contribution is -2.46. The molecule has 102 valence electrons. The normalized spacial score (nSPS) is 19.3. The maximum absolute atomic E-state index is 12.4. The van der Waals surface area contributed by atoms with Gasteiger partial charge in [-0.25, -0.2) is 8.42 Å². The molecule has 7 heteroatoms. The Balaban J connectivity index is 2.24. The maximum atomic E-state index is 12.4. The number of aryl methyl sites for hydroxylation is 1. The molecule has 0 aromatic carbocycles. The largest absolute Gasteiger partial charge is 0.352 e. The van der Waals surface area contributed by atoms with Crippen LogP contribution in [0.15, 0.2) is 17.2 Å². The van der Waals surface area contributed by atoms with Crippen molar-refractivity contribution in [1.82, 2.24) is 13.8 Å². The van der Waals surface area contributed by atoms with Crippen molar-refractivity contribution in [2.45, 2.75) is 10.8 Å². The molecule has 2 heterocycles. The Hall–Kier alpha value is -0.560. The van der Waals surface area contributed by atoms with Gasteiger partial charge in [0, 0.05) is 45.1 Å². The molecule has 0 unspecified atom stereocenters. The molecule has 0 bridgehead atoms. The molecule has 1 aromatic rings. The lowest BCUT2D eigenvalue weighted by atomic mass is 10.4. The summed E-state index contributed by atoms with van der Waals surface area (Å²) in [5, 5.41) is 0. The minimum absolute atomic E-state index is 0.314. The van der Waals surface area contributed by atoms with Crippen LogP contribution in [0.4, 0.5) is 0 Å². The molecule has 1 fully saturated rings. The van der Waals surface area contributed by atoms with E-state index in [1.54, 1.807) is 28.2 Å². The van der Waals surface area contributed by atoms with Gasteiger partial charge in [0.25, 0.3) is 0 Å². The number of aromatic nitrogens is 1. The molecule has 0 atom stereocenters. The van der Waals surface area contributed by atoms with Crippen molar-refractivity contribution in [3.8, 4) is 0 Å². The number of alkyl halides is 1. The van der Waals surface area contributed by atoms with E-state index < -0.39 is 10.0 Å². The van der Waals surface area contributed by atoms with Crippen LogP contribution < -0.4 is 0 Å². The predicted molar refractivity (Wildman–Crippen MR) is 71.2 cm³/mol. The smallest absolute Gasteiger partial charge is 0.244 e. The molecule has 0 saturated carbocycles. The quantitative estimate of drug-likeness (QED) is 0.770. The number of hydrogen-bond donors (Lipinski definition) is 0. The zero-order valence-electron chi connectivity index (χ0n) is 10.6. The average molecular weight is 292 g/mol. The Morgan fingerprint density at radius 2 is 1.83 bits per heavy atom. The van der Waals surface area contributed by atoms with Crippen LogP contribution in [-0.2, 0) is 23.0 Å². The second-order valence-corrected chi connectivity index (χ2v) is 6.82. The Morgan fingerprint density at radius 1 is 1.22 bits per heavy atom. The lowest BCUT2D eigenvalue weighted by molar-refractivity contribution is 0.222. The summed E-state index contributed by atoms with van der Waals surface area (Å²) in [6.45, 7) is 2.64. The molecular formula is C11H18ClN3O2S. The van der Waals surface area contributed by atoms with Crippen molar-refractivity contribution in [2.75, 3.05) is 33.2 Å². The lowest BCUT2D eigenvalue weighted by Gasteiger charge is -2.31. The van der Waals surface area contributed by atoms with Gasteiger partial charge in [0.15, 0.2) is 0 Å². The molecule has 0 spiro atoms. The zero-order valence-corrected chi connectivity index (χ0v) is 12.2. The van der Waals surface area contributed by atoms with Crippen LogP contribution in [0.3, 0.4) is 0 Å². The number of likely N-dealkylation sites (N-methyl/N-ethyl adjacent to an activating group) is 1. The van der Waals surface area contributed by atoms with Crippen molar-refractivity contribution in [3.05, 3.63) is 18.0 Å². The molecule has 1 aliphatic heterocycles. The van der Waals surface area contributed by atoms with Gasteiger partial charge in [0.1, 0.15) is 4.90 Å². The molecular weight excluding hydrogens is 274 g/mol. The Morgan fingerprint density at radius 3 is 2.33 bits per heavy atom. The highest BCUT2D eigenvalue weighted by atomic mass is 35.5. The van der Waals surface area contributed by atoms with E-state index in [9.17, 15) is 8.42 Å². The molecule has 0 radical (unpaired) electrons. The van der Waals surface area contributed by atoms with E-state index in [0.717, 1.165) is 18.8 Å². The van der Waals surface area contributed by atoms with Crippen LogP contribution in [0.5, 0.6) is 0 Å². The first kappa shape index (κ1) is 13.9. The summed E-state index contributed by atoms with van der Waals surface area (Å²) in [4.78, 5) is 2.46. The topological polar surface area (TPSA) is 45.6 Å². The van der Waals surface area contributed by atoms with Gasteiger partial charge in [-0.3, -0.25) is 0 Å². The molecule has 0 aliphatic carbocycles. The van der Waals surface area contributed by atoms with Crippen molar-refractivity contribution < 1.29 is 8.42 Å². The minimum Gasteiger partial charge on any atom is -0.352 e. The molecule has 0 N–H and O–H groups in total. The summed E-state index contributed by atoms with van der Waals surface area (Å²) in [6, 6.07) is 1.65. The summed E-state index contributed by atoms with van der Waals surface area (Å²) >= 11 is 5.76. The Bertz CT molecular complexity index is 518. The first-order valence-electron chi connectivity index (χ1n) is 5.85. The fourth-order valence-corrected chi connectivity index (χ4v) is 3.81. The summed E-state index contributed by atoms with van der Waals surface area (Å²) in [6.07, 6.45) is 1.63. The molecule has 0 amide bonds. The van der Waals surface area contributed by atoms with Gasteiger partial charge in [-0.05, 0) is 13.1 Å². The van der Waals surface area contributed by atoms with Crippen LogP contribution in [0.2, 0.25) is 0 Å². The highest BCUT2D eigenvalue weighted by molar-refractivity contribution is 7.89. The fraction of sp³-hybridized carbons (Fsp3) is 0.636. The number of halogens is 1. The third-order valence-electron chi connectivity index (χ3n) is 3.32. The SMILES string of the molecule is CN1CCN(S(=O)(=O)c2cc(CCl)n(C)c2)CC1. The van der Waals surface area contributed by atoms with E-state index in [1.807, 2.05) is 7.05 Å². The van der Waals surface area contributed by atoms with Gasteiger partial charge in [-0.1, -0.05) is 0 Å². The molecule has 1 aliphatic rings. The van der Waals surface area contributed by atoms with Gasteiger partial charge in [-0.15, -0.1) is 11.6 Å². The first-order valence-corrected chi connectivity index (χ1v) is 7.82. The summed E-state index contributed by atoms with van der Waals surface area (Å²) in [7, 11) is 0.434. The monoisotopic (exact) mass is 291 g/mol. The number of hydrogen-bond acceptors (Lipinski definition) is 3. The first-order chi connectivity index (χ1) is 8.45. The molecule has 18 heavy (non-hydrogen) atoms. The Labute approximate surface area is 113 Å². The Kier molecular flexibility index (Phi) is 4.01. The summed E-state index contributed by atoms with van der Waals surface area (Å²) in [5.41, 5.74) is 0.810. The fourth-order valence-electron chi connectivity index (χ4n) is 2.03. The van der Waals surface area contributed by atoms with E-state index in [1.165, 1.54) is 0 Å². The molecule has 5 nitrogen and oxygen atoms in total. The maximum Gasteiger partial charge on any atom is 0.244 e. The zero-order chi connectivity index (χ0) is 13.3. The number of rotatable bonds is 3. The second-order valence-electron chi connectivity index (χ2n) is 4.62. The second kappa shape index (κ2) is 5.21. The predicted octanol–water partition coefficient (Wildman–Crippen LogP) is 0.700. The van der Waals surface area contributed by atoms with Gasteiger partial charge in [0.05, 0.1) is 5.88 Å².